The Morgan fingerprint density at radius 3 is 1.38 bits per heavy atom. The van der Waals surface area contributed by atoms with Crippen molar-refractivity contribution in [2.45, 2.75) is 65.7 Å². The lowest BCUT2D eigenvalue weighted by atomic mass is 9.97. The maximum absolute atomic E-state index is 4.90. The molecule has 0 aromatic carbocycles. The topological polar surface area (TPSA) is 55.9 Å². The monoisotopic (exact) mass is 406 g/mol. The largest absolute Gasteiger partial charge is 0.335 e. The van der Waals surface area contributed by atoms with Crippen molar-refractivity contribution in [2.75, 3.05) is 26.2 Å². The van der Waals surface area contributed by atoms with Crippen LogP contribution in [-0.2, 0) is 0 Å². The number of halogens is 2. The first-order valence-corrected chi connectivity index (χ1v) is 9.23. The molecule has 0 aliphatic carbocycles. The molecule has 2 aliphatic heterocycles. The van der Waals surface area contributed by atoms with Crippen LogP contribution >= 0.6 is 24.8 Å². The molecule has 0 amide bonds. The summed E-state index contributed by atoms with van der Waals surface area (Å²) in [6.07, 6.45) is 5.82. The molecule has 0 saturated heterocycles. The lowest BCUT2D eigenvalue weighted by Crippen LogP contribution is -2.47. The fraction of sp³-hybridized carbons (Fsp3) is 0.889. The minimum Gasteiger partial charge on any atom is -0.335 e. The molecule has 0 aromatic heterocycles. The van der Waals surface area contributed by atoms with E-state index in [1.54, 1.807) is 0 Å². The van der Waals surface area contributed by atoms with Crippen LogP contribution in [0.4, 0.5) is 0 Å². The number of hydrogen-bond donors (Lipinski definition) is 0. The van der Waals surface area contributed by atoms with E-state index < -0.39 is 0 Å². The molecule has 152 valence electrons. The van der Waals surface area contributed by atoms with E-state index in [1.165, 1.54) is 0 Å². The van der Waals surface area contributed by atoms with Gasteiger partial charge in [0, 0.05) is 13.1 Å². The molecule has 2 unspecified atom stereocenters. The molecule has 0 radical (unpaired) electrons. The molecule has 0 bridgehead atoms. The van der Waals surface area contributed by atoms with E-state index in [9.17, 15) is 0 Å². The highest BCUT2D eigenvalue weighted by Gasteiger charge is 2.37. The average molecular weight is 407 g/mol. The molecular weight excluding hydrogens is 371 g/mol. The smallest absolute Gasteiger partial charge is 0.151 e. The van der Waals surface area contributed by atoms with E-state index >= 15 is 0 Å². The van der Waals surface area contributed by atoms with Crippen molar-refractivity contribution < 1.29 is 0 Å². The summed E-state index contributed by atoms with van der Waals surface area (Å²) >= 11 is 0. The van der Waals surface area contributed by atoms with Crippen molar-refractivity contribution >= 4 is 37.5 Å². The lowest BCUT2D eigenvalue weighted by molar-refractivity contribution is 0.135. The molecule has 2 rings (SSSR count). The third-order valence-corrected chi connectivity index (χ3v) is 4.69. The van der Waals surface area contributed by atoms with Crippen LogP contribution in [0.1, 0.15) is 54.4 Å². The van der Waals surface area contributed by atoms with Crippen molar-refractivity contribution in [1.29, 1.82) is 0 Å². The molecule has 26 heavy (non-hydrogen) atoms. The Labute approximate surface area is 171 Å². The average Bonchev–Trinajstić information content (AvgIpc) is 3.17. The van der Waals surface area contributed by atoms with Gasteiger partial charge >= 0.3 is 0 Å². The van der Waals surface area contributed by atoms with E-state index in [1.807, 2.05) is 12.7 Å². The minimum atomic E-state index is -0.330. The lowest BCUT2D eigenvalue weighted by Gasteiger charge is -2.39. The summed E-state index contributed by atoms with van der Waals surface area (Å²) in [5.41, 5.74) is -0.660. The number of nitrogens with zero attached hydrogens (tertiary/aromatic N) is 6. The summed E-state index contributed by atoms with van der Waals surface area (Å²) in [5.74, 6) is 1.10. The molecule has 0 fully saturated rings. The van der Waals surface area contributed by atoms with Crippen LogP contribution in [0.5, 0.6) is 0 Å². The number of rotatable bonds is 8. The number of azo groups is 1. The van der Waals surface area contributed by atoms with Crippen LogP contribution in [0.25, 0.3) is 0 Å². The van der Waals surface area contributed by atoms with E-state index in [2.05, 4.69) is 61.3 Å². The second kappa shape index (κ2) is 10.5. The third-order valence-electron chi connectivity index (χ3n) is 4.69. The fourth-order valence-electron chi connectivity index (χ4n) is 3.68. The van der Waals surface area contributed by atoms with Gasteiger partial charge in [-0.2, -0.15) is 10.2 Å². The highest BCUT2D eigenvalue weighted by atomic mass is 35.5. The summed E-state index contributed by atoms with van der Waals surface area (Å²) in [6.45, 7) is 16.9. The van der Waals surface area contributed by atoms with Crippen molar-refractivity contribution in [3.05, 3.63) is 0 Å². The third kappa shape index (κ3) is 6.38. The van der Waals surface area contributed by atoms with Crippen molar-refractivity contribution in [1.82, 2.24) is 9.80 Å². The second-order valence-corrected chi connectivity index (χ2v) is 8.26. The van der Waals surface area contributed by atoms with Gasteiger partial charge in [0.1, 0.15) is 0 Å². The van der Waals surface area contributed by atoms with Gasteiger partial charge in [0.2, 0.25) is 0 Å². The first kappa shape index (κ1) is 25.1. The fourth-order valence-corrected chi connectivity index (χ4v) is 3.68. The molecular formula is C18H36Cl2N6. The molecule has 0 spiro atoms. The quantitative estimate of drug-likeness (QED) is 0.557. The van der Waals surface area contributed by atoms with Crippen molar-refractivity contribution in [2.24, 2.45) is 32.0 Å². The van der Waals surface area contributed by atoms with Crippen LogP contribution in [0, 0.1) is 11.8 Å². The van der Waals surface area contributed by atoms with Gasteiger partial charge in [-0.3, -0.25) is 9.98 Å². The molecule has 2 atom stereocenters. The van der Waals surface area contributed by atoms with Crippen molar-refractivity contribution in [3.63, 3.8) is 0 Å². The van der Waals surface area contributed by atoms with Gasteiger partial charge in [0.15, 0.2) is 11.3 Å². The minimum absolute atomic E-state index is 0. The number of hydrogen-bond acceptors (Lipinski definition) is 6. The Balaban J connectivity index is 0.00000312. The van der Waals surface area contributed by atoms with Gasteiger partial charge in [-0.25, -0.2) is 0 Å². The Morgan fingerprint density at radius 2 is 1.15 bits per heavy atom. The highest BCUT2D eigenvalue weighted by molar-refractivity contribution is 5.85. The van der Waals surface area contributed by atoms with E-state index in [0.717, 1.165) is 39.0 Å². The number of aliphatic imine (C=N–C) groups is 2. The molecule has 6 nitrogen and oxygen atoms in total. The zero-order valence-electron chi connectivity index (χ0n) is 17.1. The van der Waals surface area contributed by atoms with E-state index in [-0.39, 0.29) is 36.1 Å². The van der Waals surface area contributed by atoms with Crippen LogP contribution in [0.3, 0.4) is 0 Å². The zero-order chi connectivity index (χ0) is 17.8. The maximum Gasteiger partial charge on any atom is 0.151 e. The van der Waals surface area contributed by atoms with Gasteiger partial charge in [-0.15, -0.1) is 24.8 Å². The van der Waals surface area contributed by atoms with Crippen molar-refractivity contribution in [3.8, 4) is 0 Å². The summed E-state index contributed by atoms with van der Waals surface area (Å²) in [7, 11) is 0. The van der Waals surface area contributed by atoms with Crippen LogP contribution < -0.4 is 0 Å². The van der Waals surface area contributed by atoms with Crippen LogP contribution in [0.15, 0.2) is 20.2 Å². The van der Waals surface area contributed by atoms with E-state index in [4.69, 9.17) is 10.2 Å². The Kier molecular flexibility index (Phi) is 10.1. The first-order valence-electron chi connectivity index (χ1n) is 9.23. The predicted molar refractivity (Wildman–Crippen MR) is 115 cm³/mol. The van der Waals surface area contributed by atoms with Gasteiger partial charge < -0.3 is 9.80 Å². The molecule has 8 heteroatoms. The predicted octanol–water partition coefficient (Wildman–Crippen LogP) is 4.49. The Morgan fingerprint density at radius 1 is 0.808 bits per heavy atom. The molecule has 0 N–H and O–H groups in total. The summed E-state index contributed by atoms with van der Waals surface area (Å²) in [6, 6.07) is 0. The summed E-state index contributed by atoms with van der Waals surface area (Å²) < 4.78 is 0. The summed E-state index contributed by atoms with van der Waals surface area (Å²) in [4.78, 5) is 13.2. The highest BCUT2D eigenvalue weighted by Crippen LogP contribution is 2.31. The zero-order valence-corrected chi connectivity index (χ0v) is 18.7. The van der Waals surface area contributed by atoms with Crippen LogP contribution in [-0.4, -0.2) is 60.0 Å². The van der Waals surface area contributed by atoms with Gasteiger partial charge in [-0.1, -0.05) is 27.7 Å². The van der Waals surface area contributed by atoms with Gasteiger partial charge in [-0.05, 0) is 38.5 Å². The maximum atomic E-state index is 4.90. The SMILES string of the molecule is CC(C)CC(C)(N=NC(C)(CC(C)C)N1C=NCC1)N1C=NCC1.Cl.Cl. The second-order valence-electron chi connectivity index (χ2n) is 8.26. The van der Waals surface area contributed by atoms with Gasteiger partial charge in [0.25, 0.3) is 0 Å². The van der Waals surface area contributed by atoms with E-state index in [0.29, 0.717) is 11.8 Å². The molecule has 0 aromatic rings. The molecule has 2 aliphatic rings. The first-order chi connectivity index (χ1) is 11.3. The normalized spacial score (nSPS) is 21.2. The van der Waals surface area contributed by atoms with Crippen LogP contribution in [0.2, 0.25) is 0 Å². The Hall–Kier alpha value is -0.880. The Bertz CT molecular complexity index is 464. The standard InChI is InChI=1S/C18H34N6.2ClH/c1-15(2)11-17(5,23-9-7-19-13-23)21-22-18(6,12-16(3)4)24-10-8-20-14-24;;/h13-16H,7-12H2,1-6H3;2*1H. The molecule has 2 heterocycles. The summed E-state index contributed by atoms with van der Waals surface area (Å²) in [5, 5.41) is 9.81. The molecule has 0 saturated carbocycles. The van der Waals surface area contributed by atoms with Gasteiger partial charge in [0.05, 0.1) is 25.8 Å².